The van der Waals surface area contributed by atoms with Crippen molar-refractivity contribution in [1.82, 2.24) is 25.4 Å². The van der Waals surface area contributed by atoms with Gasteiger partial charge in [-0.2, -0.15) is 0 Å². The number of hydrogen-bond donors (Lipinski definition) is 4. The third-order valence-electron chi connectivity index (χ3n) is 9.15. The maximum absolute atomic E-state index is 12.8. The number of hydrogen-bond acceptors (Lipinski definition) is 15. The summed E-state index contributed by atoms with van der Waals surface area (Å²) in [6.07, 6.45) is 0.327. The van der Waals surface area contributed by atoms with Crippen LogP contribution in [0.4, 0.5) is 23.3 Å². The number of ether oxygens (including phenoxy) is 2. The van der Waals surface area contributed by atoms with Gasteiger partial charge in [-0.05, 0) is 85.1 Å². The molecule has 0 saturated carbocycles. The highest BCUT2D eigenvalue weighted by atomic mass is 35.5. The first kappa shape index (κ1) is 43.3. The fourth-order valence-electron chi connectivity index (χ4n) is 6.30. The van der Waals surface area contributed by atoms with Gasteiger partial charge in [0.1, 0.15) is 40.5 Å². The summed E-state index contributed by atoms with van der Waals surface area (Å²) in [6, 6.07) is 22.3. The van der Waals surface area contributed by atoms with Crippen molar-refractivity contribution in [1.29, 1.82) is 0 Å². The SMILES string of the molecule is CC(=O)Cl.COc1ccc(CN2C(=O)Cc3c(NN)nc(-c4ccc(C)o4)nc32)cc1.COc1ccc(CN2C(=O)Cc3c(NNC(C)=O)nc(-c4ccc(C)o4)nc32)cc1. The average molecular weight is 851 g/mol. The number of nitrogens with two attached hydrogens (primary N) is 1. The van der Waals surface area contributed by atoms with Crippen molar-refractivity contribution < 1.29 is 37.5 Å². The van der Waals surface area contributed by atoms with Crippen LogP contribution in [0.5, 0.6) is 11.5 Å². The fraction of sp³-hybridized carbons (Fsp3) is 0.238. The van der Waals surface area contributed by atoms with Crippen molar-refractivity contribution in [2.75, 3.05) is 34.9 Å². The number of nitrogens with one attached hydrogen (secondary N) is 3. The van der Waals surface area contributed by atoms with Crippen LogP contribution in [0, 0.1) is 13.8 Å². The number of benzene rings is 2. The highest BCUT2D eigenvalue weighted by Gasteiger charge is 2.34. The molecule has 0 radical (unpaired) electrons. The van der Waals surface area contributed by atoms with Gasteiger partial charge in [-0.3, -0.25) is 39.8 Å². The number of anilines is 4. The first-order valence-electron chi connectivity index (χ1n) is 18.7. The van der Waals surface area contributed by atoms with E-state index in [1.807, 2.05) is 74.5 Å². The van der Waals surface area contributed by atoms with E-state index in [0.717, 1.165) is 34.1 Å². The number of nitrogen functional groups attached to an aromatic ring is 1. The summed E-state index contributed by atoms with van der Waals surface area (Å²) in [4.78, 5) is 67.3. The number of carbonyl (C=O) groups is 4. The van der Waals surface area contributed by atoms with Crippen molar-refractivity contribution in [2.24, 2.45) is 5.84 Å². The normalized spacial score (nSPS) is 12.4. The van der Waals surface area contributed by atoms with E-state index >= 15 is 0 Å². The third-order valence-corrected chi connectivity index (χ3v) is 9.15. The molecular formula is C42H43ClN10O8. The molecule has 18 nitrogen and oxygen atoms in total. The summed E-state index contributed by atoms with van der Waals surface area (Å²) in [5.41, 5.74) is 11.1. The van der Waals surface area contributed by atoms with E-state index in [2.05, 4.69) is 47.8 Å². The number of rotatable bonds is 11. The summed E-state index contributed by atoms with van der Waals surface area (Å²) in [5.74, 6) is 11.7. The van der Waals surface area contributed by atoms with Crippen LogP contribution in [0.15, 0.2) is 81.6 Å². The molecule has 3 amide bonds. The molecule has 2 aromatic carbocycles. The summed E-state index contributed by atoms with van der Waals surface area (Å²) in [5, 5.41) is -0.361. The summed E-state index contributed by atoms with van der Waals surface area (Å²) in [6.45, 7) is 7.09. The molecule has 6 heterocycles. The van der Waals surface area contributed by atoms with Crippen molar-refractivity contribution in [3.05, 3.63) is 107 Å². The minimum Gasteiger partial charge on any atom is -0.497 e. The van der Waals surface area contributed by atoms with Crippen LogP contribution in [0.3, 0.4) is 0 Å². The van der Waals surface area contributed by atoms with Crippen LogP contribution in [-0.4, -0.2) is 57.1 Å². The smallest absolute Gasteiger partial charge is 0.235 e. The van der Waals surface area contributed by atoms with Crippen molar-refractivity contribution >= 4 is 57.8 Å². The summed E-state index contributed by atoms with van der Waals surface area (Å²) in [7, 11) is 3.22. The second-order valence-corrected chi connectivity index (χ2v) is 14.2. The van der Waals surface area contributed by atoms with Gasteiger partial charge in [-0.1, -0.05) is 24.3 Å². The molecule has 19 heteroatoms. The van der Waals surface area contributed by atoms with E-state index < -0.39 is 0 Å². The molecule has 5 N–H and O–H groups in total. The molecule has 0 bridgehead atoms. The van der Waals surface area contributed by atoms with E-state index in [1.165, 1.54) is 13.8 Å². The Morgan fingerprint density at radius 3 is 1.46 bits per heavy atom. The zero-order valence-electron chi connectivity index (χ0n) is 34.2. The summed E-state index contributed by atoms with van der Waals surface area (Å²) < 4.78 is 21.7. The van der Waals surface area contributed by atoms with E-state index in [4.69, 9.17) is 24.2 Å². The molecule has 0 spiro atoms. The van der Waals surface area contributed by atoms with E-state index in [9.17, 15) is 19.2 Å². The second-order valence-electron chi connectivity index (χ2n) is 13.6. The molecule has 0 fully saturated rings. The van der Waals surface area contributed by atoms with Gasteiger partial charge >= 0.3 is 0 Å². The Hall–Kier alpha value is -7.31. The van der Waals surface area contributed by atoms with Crippen LogP contribution >= 0.6 is 11.6 Å². The quantitative estimate of drug-likeness (QED) is 0.0685. The zero-order valence-corrected chi connectivity index (χ0v) is 34.9. The van der Waals surface area contributed by atoms with Gasteiger partial charge in [-0.15, -0.1) is 0 Å². The molecule has 0 saturated heterocycles. The monoisotopic (exact) mass is 850 g/mol. The number of carbonyl (C=O) groups excluding carboxylic acids is 4. The molecule has 4 aromatic heterocycles. The lowest BCUT2D eigenvalue weighted by molar-refractivity contribution is -0.119. The van der Waals surface area contributed by atoms with Gasteiger partial charge < -0.3 is 23.7 Å². The Morgan fingerprint density at radius 2 is 1.10 bits per heavy atom. The minimum atomic E-state index is -0.361. The average Bonchev–Trinajstić information content (AvgIpc) is 4.03. The first-order chi connectivity index (χ1) is 29.3. The van der Waals surface area contributed by atoms with Crippen molar-refractivity contribution in [3.63, 3.8) is 0 Å². The van der Waals surface area contributed by atoms with E-state index in [0.29, 0.717) is 70.7 Å². The van der Waals surface area contributed by atoms with Crippen LogP contribution in [-0.2, 0) is 45.1 Å². The van der Waals surface area contributed by atoms with Gasteiger partial charge in [-0.25, -0.2) is 25.8 Å². The van der Waals surface area contributed by atoms with Gasteiger partial charge in [0.25, 0.3) is 0 Å². The molecule has 61 heavy (non-hydrogen) atoms. The minimum absolute atomic E-state index is 0.0561. The number of nitrogens with zero attached hydrogens (tertiary/aromatic N) is 6. The van der Waals surface area contributed by atoms with E-state index in [-0.39, 0.29) is 35.8 Å². The Morgan fingerprint density at radius 1 is 0.689 bits per heavy atom. The summed E-state index contributed by atoms with van der Waals surface area (Å²) >= 11 is 4.64. The Bertz CT molecular complexity index is 2550. The number of amides is 3. The predicted octanol–water partition coefficient (Wildman–Crippen LogP) is 5.81. The lowest BCUT2D eigenvalue weighted by Crippen LogP contribution is -2.28. The van der Waals surface area contributed by atoms with Gasteiger partial charge in [0, 0.05) is 25.0 Å². The molecule has 0 unspecified atom stereocenters. The standard InChI is InChI=1S/C21H21N5O4.C19H19N5O3.C2H3ClO/c1-12-4-9-17(30-12)20-22-19(25-24-13(2)27)16-10-18(28)26(21(16)23-20)11-14-5-7-15(29-3)8-6-14;1-11-3-8-15(27-11)18-21-17(23-20)14-9-16(25)24(19(14)22-18)10-12-4-6-13(26-2)7-5-12;1-2(3)4/h4-9H,10-11H2,1-3H3,(H,24,27)(H,22,23,25);3-8H,9-10,20H2,1-2H3,(H,21,22,23);1H3. The highest BCUT2D eigenvalue weighted by Crippen LogP contribution is 2.37. The third kappa shape index (κ3) is 10.5. The van der Waals surface area contributed by atoms with Crippen LogP contribution in [0.2, 0.25) is 0 Å². The Balaban J connectivity index is 0.000000189. The number of aromatic nitrogens is 4. The van der Waals surface area contributed by atoms with Crippen molar-refractivity contribution in [2.45, 2.75) is 53.6 Å². The van der Waals surface area contributed by atoms with Crippen LogP contribution < -0.4 is 41.4 Å². The largest absolute Gasteiger partial charge is 0.497 e. The molecular weight excluding hydrogens is 808 g/mol. The fourth-order valence-corrected chi connectivity index (χ4v) is 6.30. The number of methoxy groups -OCH3 is 2. The Kier molecular flexibility index (Phi) is 13.6. The van der Waals surface area contributed by atoms with Gasteiger partial charge in [0.15, 0.2) is 29.0 Å². The molecule has 2 aliphatic rings. The molecule has 0 atom stereocenters. The predicted molar refractivity (Wildman–Crippen MR) is 227 cm³/mol. The molecule has 6 aromatic rings. The lowest BCUT2D eigenvalue weighted by Gasteiger charge is -2.18. The maximum Gasteiger partial charge on any atom is 0.235 e. The second kappa shape index (κ2) is 19.2. The molecule has 0 aliphatic carbocycles. The topological polar surface area (TPSA) is 233 Å². The number of halogens is 1. The van der Waals surface area contributed by atoms with Crippen LogP contribution in [0.1, 0.15) is 47.6 Å². The number of fused-ring (bicyclic) bond motifs is 2. The molecule has 316 valence electrons. The highest BCUT2D eigenvalue weighted by molar-refractivity contribution is 6.62. The maximum atomic E-state index is 12.8. The first-order valence-corrected chi connectivity index (χ1v) is 19.1. The van der Waals surface area contributed by atoms with Gasteiger partial charge in [0.05, 0.1) is 40.2 Å². The van der Waals surface area contributed by atoms with E-state index in [1.54, 1.807) is 36.2 Å². The number of hydrazine groups is 2. The number of aryl methyl sites for hydroxylation is 2. The van der Waals surface area contributed by atoms with Crippen molar-refractivity contribution in [3.8, 4) is 34.7 Å². The van der Waals surface area contributed by atoms with Gasteiger partial charge in [0.2, 0.25) is 23.0 Å². The molecule has 2 aliphatic heterocycles. The molecule has 8 rings (SSSR count). The van der Waals surface area contributed by atoms with Crippen LogP contribution in [0.25, 0.3) is 23.2 Å². The number of furan rings is 2. The Labute approximate surface area is 355 Å². The zero-order chi connectivity index (χ0) is 43.8. The lowest BCUT2D eigenvalue weighted by atomic mass is 10.2.